The molecule has 0 aromatic heterocycles. The van der Waals surface area contributed by atoms with Crippen LogP contribution in [0.2, 0.25) is 0 Å². The second-order valence-corrected chi connectivity index (χ2v) is 4.73. The van der Waals surface area contributed by atoms with Crippen molar-refractivity contribution >= 4 is 6.21 Å². The molecule has 0 spiro atoms. The molecule has 18 heavy (non-hydrogen) atoms. The summed E-state index contributed by atoms with van der Waals surface area (Å²) in [4.78, 5) is 2.43. The van der Waals surface area contributed by atoms with Crippen LogP contribution in [0.25, 0.3) is 0 Å². The van der Waals surface area contributed by atoms with Crippen molar-refractivity contribution in [2.24, 2.45) is 11.1 Å². The molecular weight excluding hydrogens is 228 g/mol. The lowest BCUT2D eigenvalue weighted by atomic mass is 9.98. The molecular formula is C14H20N2O2. The fourth-order valence-electron chi connectivity index (χ4n) is 2.38. The van der Waals surface area contributed by atoms with E-state index in [9.17, 15) is 0 Å². The van der Waals surface area contributed by atoms with E-state index in [0.717, 1.165) is 38.2 Å². The predicted molar refractivity (Wildman–Crippen MR) is 71.3 cm³/mol. The standard InChI is InChI=1S/C14H20N2O2/c1-18-14-4-2-3-13(9-14)11-16-7-5-12(6-8-16)10-15-17/h2-4,9-10,12,17H,5-8,11H2,1H3. The highest BCUT2D eigenvalue weighted by atomic mass is 16.5. The number of benzene rings is 1. The van der Waals surface area contributed by atoms with Crippen LogP contribution in [0.3, 0.4) is 0 Å². The first kappa shape index (κ1) is 12.9. The van der Waals surface area contributed by atoms with Crippen LogP contribution in [0.15, 0.2) is 29.4 Å². The highest BCUT2D eigenvalue weighted by Gasteiger charge is 2.17. The summed E-state index contributed by atoms with van der Waals surface area (Å²) in [6.45, 7) is 3.06. The Morgan fingerprint density at radius 1 is 1.44 bits per heavy atom. The summed E-state index contributed by atoms with van der Waals surface area (Å²) in [5.41, 5.74) is 1.28. The van der Waals surface area contributed by atoms with Crippen molar-refractivity contribution in [3.8, 4) is 5.75 Å². The van der Waals surface area contributed by atoms with Crippen LogP contribution in [-0.2, 0) is 6.54 Å². The number of likely N-dealkylation sites (tertiary alicyclic amines) is 1. The lowest BCUT2D eigenvalue weighted by Gasteiger charge is -2.30. The largest absolute Gasteiger partial charge is 0.497 e. The molecule has 0 unspecified atom stereocenters. The van der Waals surface area contributed by atoms with Crippen molar-refractivity contribution in [3.05, 3.63) is 29.8 Å². The van der Waals surface area contributed by atoms with E-state index in [0.29, 0.717) is 5.92 Å². The zero-order valence-corrected chi connectivity index (χ0v) is 10.7. The molecule has 1 aromatic rings. The van der Waals surface area contributed by atoms with Crippen LogP contribution in [0, 0.1) is 5.92 Å². The van der Waals surface area contributed by atoms with Gasteiger partial charge in [-0.25, -0.2) is 0 Å². The number of oxime groups is 1. The van der Waals surface area contributed by atoms with Gasteiger partial charge in [0.1, 0.15) is 5.75 Å². The van der Waals surface area contributed by atoms with E-state index in [2.05, 4.69) is 22.2 Å². The fourth-order valence-corrected chi connectivity index (χ4v) is 2.38. The van der Waals surface area contributed by atoms with E-state index in [1.165, 1.54) is 5.56 Å². The molecule has 0 atom stereocenters. The van der Waals surface area contributed by atoms with Crippen LogP contribution in [0.1, 0.15) is 18.4 Å². The Morgan fingerprint density at radius 2 is 2.22 bits per heavy atom. The van der Waals surface area contributed by atoms with Gasteiger partial charge in [0.25, 0.3) is 0 Å². The first-order valence-electron chi connectivity index (χ1n) is 6.34. The Morgan fingerprint density at radius 3 is 2.89 bits per heavy atom. The Hall–Kier alpha value is -1.55. The quantitative estimate of drug-likeness (QED) is 0.505. The maximum atomic E-state index is 8.52. The molecule has 1 N–H and O–H groups in total. The zero-order chi connectivity index (χ0) is 12.8. The number of hydrogen-bond donors (Lipinski definition) is 1. The molecule has 1 aromatic carbocycles. The molecule has 1 aliphatic heterocycles. The average molecular weight is 248 g/mol. The third-order valence-corrected chi connectivity index (χ3v) is 3.45. The van der Waals surface area contributed by atoms with Gasteiger partial charge in [0.15, 0.2) is 0 Å². The van der Waals surface area contributed by atoms with Gasteiger partial charge in [-0.05, 0) is 49.5 Å². The molecule has 1 fully saturated rings. The Balaban J connectivity index is 1.87. The average Bonchev–Trinajstić information content (AvgIpc) is 2.42. The van der Waals surface area contributed by atoms with Gasteiger partial charge in [-0.15, -0.1) is 5.16 Å². The van der Waals surface area contributed by atoms with E-state index in [-0.39, 0.29) is 0 Å². The highest BCUT2D eigenvalue weighted by Crippen LogP contribution is 2.19. The topological polar surface area (TPSA) is 45.1 Å². The molecule has 4 heteroatoms. The van der Waals surface area contributed by atoms with Crippen LogP contribution in [-0.4, -0.2) is 36.5 Å². The molecule has 4 nitrogen and oxygen atoms in total. The third-order valence-electron chi connectivity index (χ3n) is 3.45. The summed E-state index contributed by atoms with van der Waals surface area (Å²) < 4.78 is 5.23. The minimum Gasteiger partial charge on any atom is -0.497 e. The fraction of sp³-hybridized carbons (Fsp3) is 0.500. The van der Waals surface area contributed by atoms with Gasteiger partial charge >= 0.3 is 0 Å². The number of methoxy groups -OCH3 is 1. The van der Waals surface area contributed by atoms with Gasteiger partial charge in [0.05, 0.1) is 7.11 Å². The molecule has 98 valence electrons. The van der Waals surface area contributed by atoms with Gasteiger partial charge < -0.3 is 9.94 Å². The van der Waals surface area contributed by atoms with Gasteiger partial charge in [0, 0.05) is 12.8 Å². The van der Waals surface area contributed by atoms with Gasteiger partial charge in [-0.2, -0.15) is 0 Å². The zero-order valence-electron chi connectivity index (χ0n) is 10.7. The SMILES string of the molecule is COc1cccc(CN2CCC(C=NO)CC2)c1. The molecule has 0 saturated carbocycles. The Bertz CT molecular complexity index is 399. The monoisotopic (exact) mass is 248 g/mol. The van der Waals surface area contributed by atoms with Crippen LogP contribution >= 0.6 is 0 Å². The minimum atomic E-state index is 0.427. The summed E-state index contributed by atoms with van der Waals surface area (Å²) in [5.74, 6) is 1.34. The predicted octanol–water partition coefficient (Wildman–Crippen LogP) is 2.37. The van der Waals surface area contributed by atoms with E-state index in [1.54, 1.807) is 13.3 Å². The number of rotatable bonds is 4. The molecule has 1 heterocycles. The van der Waals surface area contributed by atoms with Gasteiger partial charge in [0.2, 0.25) is 0 Å². The molecule has 0 bridgehead atoms. The number of piperidine rings is 1. The van der Waals surface area contributed by atoms with Crippen molar-refractivity contribution < 1.29 is 9.94 Å². The van der Waals surface area contributed by atoms with Crippen molar-refractivity contribution in [2.45, 2.75) is 19.4 Å². The molecule has 0 radical (unpaired) electrons. The molecule has 0 aliphatic carbocycles. The van der Waals surface area contributed by atoms with Crippen LogP contribution < -0.4 is 4.74 Å². The van der Waals surface area contributed by atoms with Crippen LogP contribution in [0.4, 0.5) is 0 Å². The summed E-state index contributed by atoms with van der Waals surface area (Å²) in [6.07, 6.45) is 3.78. The second kappa shape index (κ2) is 6.40. The third kappa shape index (κ3) is 3.47. The second-order valence-electron chi connectivity index (χ2n) is 4.73. The van der Waals surface area contributed by atoms with Crippen molar-refractivity contribution in [1.82, 2.24) is 4.90 Å². The number of nitrogens with zero attached hydrogens (tertiary/aromatic N) is 2. The Labute approximate surface area is 108 Å². The molecule has 0 amide bonds. The van der Waals surface area contributed by atoms with Gasteiger partial charge in [-0.3, -0.25) is 4.90 Å². The molecule has 2 rings (SSSR count). The normalized spacial score (nSPS) is 18.3. The summed E-state index contributed by atoms with van der Waals surface area (Å²) in [5, 5.41) is 11.7. The molecule has 1 saturated heterocycles. The summed E-state index contributed by atoms with van der Waals surface area (Å²) in [7, 11) is 1.69. The maximum Gasteiger partial charge on any atom is 0.119 e. The van der Waals surface area contributed by atoms with E-state index in [1.807, 2.05) is 12.1 Å². The first-order chi connectivity index (χ1) is 8.81. The lowest BCUT2D eigenvalue weighted by Crippen LogP contribution is -2.33. The summed E-state index contributed by atoms with van der Waals surface area (Å²) >= 11 is 0. The highest BCUT2D eigenvalue weighted by molar-refractivity contribution is 5.59. The van der Waals surface area contributed by atoms with E-state index >= 15 is 0 Å². The van der Waals surface area contributed by atoms with E-state index in [4.69, 9.17) is 9.94 Å². The van der Waals surface area contributed by atoms with Crippen molar-refractivity contribution in [3.63, 3.8) is 0 Å². The first-order valence-corrected chi connectivity index (χ1v) is 6.34. The van der Waals surface area contributed by atoms with Gasteiger partial charge in [-0.1, -0.05) is 12.1 Å². The summed E-state index contributed by atoms with van der Waals surface area (Å²) in [6, 6.07) is 8.21. The minimum absolute atomic E-state index is 0.427. The number of hydrogen-bond acceptors (Lipinski definition) is 4. The number of ether oxygens (including phenoxy) is 1. The van der Waals surface area contributed by atoms with Crippen molar-refractivity contribution in [2.75, 3.05) is 20.2 Å². The maximum absolute atomic E-state index is 8.52. The van der Waals surface area contributed by atoms with Crippen LogP contribution in [0.5, 0.6) is 5.75 Å². The van der Waals surface area contributed by atoms with E-state index < -0.39 is 0 Å². The smallest absolute Gasteiger partial charge is 0.119 e. The lowest BCUT2D eigenvalue weighted by molar-refractivity contribution is 0.201. The molecule has 1 aliphatic rings. The van der Waals surface area contributed by atoms with Crippen molar-refractivity contribution in [1.29, 1.82) is 0 Å². The Kier molecular flexibility index (Phi) is 4.59.